The maximum atomic E-state index is 12.8. The van der Waals surface area contributed by atoms with E-state index in [4.69, 9.17) is 0 Å². The summed E-state index contributed by atoms with van der Waals surface area (Å²) in [5, 5.41) is 9.08. The van der Waals surface area contributed by atoms with E-state index in [0.717, 1.165) is 28.3 Å². The van der Waals surface area contributed by atoms with Crippen LogP contribution < -0.4 is 0 Å². The van der Waals surface area contributed by atoms with E-state index in [2.05, 4.69) is 17.1 Å². The molecule has 5 nitrogen and oxygen atoms in total. The second kappa shape index (κ2) is 7.17. The predicted molar refractivity (Wildman–Crippen MR) is 104 cm³/mol. The minimum atomic E-state index is -0.121. The minimum Gasteiger partial charge on any atom is -0.337 e. The van der Waals surface area contributed by atoms with E-state index >= 15 is 0 Å². The van der Waals surface area contributed by atoms with Gasteiger partial charge in [0.1, 0.15) is 0 Å². The van der Waals surface area contributed by atoms with Gasteiger partial charge in [-0.3, -0.25) is 14.7 Å². The van der Waals surface area contributed by atoms with Crippen LogP contribution in [-0.4, -0.2) is 39.9 Å². The van der Waals surface area contributed by atoms with Crippen molar-refractivity contribution in [3.8, 4) is 10.6 Å². The Labute approximate surface area is 159 Å². The summed E-state index contributed by atoms with van der Waals surface area (Å²) in [5.41, 5.74) is 1.27. The number of carbonyl (C=O) groups excluding carboxylic acids is 2. The maximum absolute atomic E-state index is 12.8. The van der Waals surface area contributed by atoms with Crippen LogP contribution in [0.5, 0.6) is 0 Å². The molecule has 0 aliphatic carbocycles. The van der Waals surface area contributed by atoms with E-state index in [0.29, 0.717) is 18.8 Å². The van der Waals surface area contributed by atoms with Gasteiger partial charge in [-0.15, -0.1) is 22.7 Å². The second-order valence-corrected chi connectivity index (χ2v) is 8.74. The molecule has 3 aromatic heterocycles. The van der Waals surface area contributed by atoms with Crippen LogP contribution in [0, 0.1) is 12.8 Å². The van der Waals surface area contributed by atoms with E-state index in [9.17, 15) is 9.59 Å². The smallest absolute Gasteiger partial charge is 0.274 e. The van der Waals surface area contributed by atoms with Crippen LogP contribution in [-0.2, 0) is 0 Å². The Morgan fingerprint density at radius 2 is 2.19 bits per heavy atom. The molecular weight excluding hydrogens is 366 g/mol. The fourth-order valence-electron chi connectivity index (χ4n) is 3.29. The van der Waals surface area contributed by atoms with Crippen molar-refractivity contribution in [1.29, 1.82) is 0 Å². The number of rotatable bonds is 4. The summed E-state index contributed by atoms with van der Waals surface area (Å²) in [7, 11) is 0. The van der Waals surface area contributed by atoms with Crippen LogP contribution in [0.25, 0.3) is 10.6 Å². The first kappa shape index (κ1) is 17.2. The molecule has 1 saturated heterocycles. The Morgan fingerprint density at radius 1 is 1.31 bits per heavy atom. The second-order valence-electron chi connectivity index (χ2n) is 6.51. The molecule has 1 fully saturated rings. The fourth-order valence-corrected chi connectivity index (χ4v) is 4.87. The first-order chi connectivity index (χ1) is 12.6. The zero-order valence-electron chi connectivity index (χ0n) is 14.4. The summed E-state index contributed by atoms with van der Waals surface area (Å²) in [5.74, 6) is -0.0801. The quantitative estimate of drug-likeness (QED) is 0.683. The number of piperidine rings is 1. The highest BCUT2D eigenvalue weighted by atomic mass is 32.1. The first-order valence-electron chi connectivity index (χ1n) is 8.61. The molecule has 134 valence electrons. The number of hydrogen-bond acceptors (Lipinski definition) is 5. The van der Waals surface area contributed by atoms with Crippen LogP contribution >= 0.6 is 22.7 Å². The molecule has 1 N–H and O–H groups in total. The van der Waals surface area contributed by atoms with Crippen LogP contribution in [0.2, 0.25) is 0 Å². The Kier molecular flexibility index (Phi) is 4.74. The van der Waals surface area contributed by atoms with E-state index in [-0.39, 0.29) is 17.6 Å². The number of H-pyrrole nitrogens is 1. The molecule has 3 aromatic rings. The molecular formula is C19H19N3O2S2. The highest BCUT2D eigenvalue weighted by Gasteiger charge is 2.30. The first-order valence-corrected chi connectivity index (χ1v) is 10.3. The average molecular weight is 386 g/mol. The van der Waals surface area contributed by atoms with Gasteiger partial charge >= 0.3 is 0 Å². The van der Waals surface area contributed by atoms with Gasteiger partial charge in [0.05, 0.1) is 15.4 Å². The van der Waals surface area contributed by atoms with Crippen molar-refractivity contribution >= 4 is 34.4 Å². The topological polar surface area (TPSA) is 66.1 Å². The monoisotopic (exact) mass is 385 g/mol. The van der Waals surface area contributed by atoms with Gasteiger partial charge in [0.2, 0.25) is 0 Å². The molecule has 1 atom stereocenters. The fraction of sp³-hybridized carbons (Fsp3) is 0.316. The molecule has 0 spiro atoms. The molecule has 0 aromatic carbocycles. The number of aromatic nitrogens is 2. The lowest BCUT2D eigenvalue weighted by molar-refractivity contribution is 0.0633. The molecule has 0 bridgehead atoms. The van der Waals surface area contributed by atoms with E-state index in [1.54, 1.807) is 22.3 Å². The zero-order valence-corrected chi connectivity index (χ0v) is 16.0. The van der Waals surface area contributed by atoms with E-state index in [1.165, 1.54) is 16.2 Å². The van der Waals surface area contributed by atoms with Gasteiger partial charge in [-0.1, -0.05) is 6.07 Å². The number of nitrogens with one attached hydrogen (secondary N) is 1. The number of aryl methyl sites for hydroxylation is 1. The van der Waals surface area contributed by atoms with Crippen molar-refractivity contribution in [3.63, 3.8) is 0 Å². The molecule has 1 amide bonds. The largest absolute Gasteiger partial charge is 0.337 e. The lowest BCUT2D eigenvalue weighted by Crippen LogP contribution is -2.42. The Bertz CT molecular complexity index is 926. The molecule has 1 unspecified atom stereocenters. The van der Waals surface area contributed by atoms with Crippen LogP contribution in [0.3, 0.4) is 0 Å². The van der Waals surface area contributed by atoms with Gasteiger partial charge in [-0.05, 0) is 49.4 Å². The normalized spacial score (nSPS) is 17.4. The van der Waals surface area contributed by atoms with Gasteiger partial charge < -0.3 is 4.90 Å². The third-order valence-electron chi connectivity index (χ3n) is 4.65. The molecule has 26 heavy (non-hydrogen) atoms. The molecule has 1 aliphatic heterocycles. The van der Waals surface area contributed by atoms with Crippen molar-refractivity contribution in [2.75, 3.05) is 13.1 Å². The summed E-state index contributed by atoms with van der Waals surface area (Å²) in [4.78, 5) is 30.3. The van der Waals surface area contributed by atoms with Gasteiger partial charge in [0.25, 0.3) is 5.91 Å². The zero-order chi connectivity index (χ0) is 18.1. The number of amides is 1. The highest BCUT2D eigenvalue weighted by Crippen LogP contribution is 2.28. The number of likely N-dealkylation sites (tertiary alicyclic amines) is 1. The van der Waals surface area contributed by atoms with Crippen molar-refractivity contribution in [3.05, 3.63) is 51.2 Å². The van der Waals surface area contributed by atoms with E-state index in [1.807, 2.05) is 29.6 Å². The standard InChI is InChI=1S/C19H19N3O2S2/c1-12-6-7-16(26-12)14-10-15(21-20-14)19(24)22-8-2-4-13(11-22)18(23)17-5-3-9-25-17/h3,5-7,9-10,13H,2,4,8,11H2,1H3,(H,20,21). The number of aromatic amines is 1. The van der Waals surface area contributed by atoms with Gasteiger partial charge in [0, 0.05) is 23.9 Å². The Balaban J connectivity index is 1.48. The summed E-state index contributed by atoms with van der Waals surface area (Å²) in [6.45, 7) is 3.19. The number of thiophene rings is 2. The Morgan fingerprint density at radius 3 is 2.92 bits per heavy atom. The molecule has 1 aliphatic rings. The summed E-state index contributed by atoms with van der Waals surface area (Å²) in [6.07, 6.45) is 1.68. The lowest BCUT2D eigenvalue weighted by Gasteiger charge is -2.31. The minimum absolute atomic E-state index is 0.107. The predicted octanol–water partition coefficient (Wildman–Crippen LogP) is 4.24. The van der Waals surface area contributed by atoms with Gasteiger partial charge in [-0.2, -0.15) is 5.10 Å². The third-order valence-corrected chi connectivity index (χ3v) is 6.56. The number of nitrogens with zero attached hydrogens (tertiary/aromatic N) is 2. The Hall–Kier alpha value is -2.25. The van der Waals surface area contributed by atoms with Crippen LogP contribution in [0.4, 0.5) is 0 Å². The number of carbonyl (C=O) groups is 2. The average Bonchev–Trinajstić information content (AvgIpc) is 3.41. The van der Waals surface area contributed by atoms with Crippen molar-refractivity contribution in [2.24, 2.45) is 5.92 Å². The molecule has 7 heteroatoms. The SMILES string of the molecule is Cc1ccc(-c2cc(C(=O)N3CCCC(C(=O)c4cccs4)C3)n[nH]2)s1. The molecule has 0 radical (unpaired) electrons. The van der Waals surface area contributed by atoms with Crippen molar-refractivity contribution in [2.45, 2.75) is 19.8 Å². The summed E-state index contributed by atoms with van der Waals surface area (Å²) >= 11 is 3.13. The molecule has 4 heterocycles. The van der Waals surface area contributed by atoms with Crippen molar-refractivity contribution < 1.29 is 9.59 Å². The van der Waals surface area contributed by atoms with Gasteiger partial charge in [0.15, 0.2) is 11.5 Å². The third kappa shape index (κ3) is 3.37. The van der Waals surface area contributed by atoms with E-state index < -0.39 is 0 Å². The van der Waals surface area contributed by atoms with Crippen LogP contribution in [0.15, 0.2) is 35.7 Å². The maximum Gasteiger partial charge on any atom is 0.274 e. The summed E-state index contributed by atoms with van der Waals surface area (Å²) < 4.78 is 0. The molecule has 4 rings (SSSR count). The lowest BCUT2D eigenvalue weighted by atomic mass is 9.93. The summed E-state index contributed by atoms with van der Waals surface area (Å²) in [6, 6.07) is 9.63. The van der Waals surface area contributed by atoms with Crippen molar-refractivity contribution in [1.82, 2.24) is 15.1 Å². The number of Topliss-reactive ketones (excluding diaryl/α,β-unsaturated/α-hetero) is 1. The van der Waals surface area contributed by atoms with Gasteiger partial charge in [-0.25, -0.2) is 0 Å². The molecule has 0 saturated carbocycles. The number of ketones is 1. The highest BCUT2D eigenvalue weighted by molar-refractivity contribution is 7.15. The van der Waals surface area contributed by atoms with Crippen LogP contribution in [0.1, 0.15) is 37.9 Å². The number of hydrogen-bond donors (Lipinski definition) is 1.